The molecular formula is C36H27N5O6S. The fourth-order valence-electron chi connectivity index (χ4n) is 6.00. The number of nitrogens with one attached hydrogen (secondary N) is 1. The van der Waals surface area contributed by atoms with Gasteiger partial charge in [0, 0.05) is 34.3 Å². The minimum atomic E-state index is -4.26. The van der Waals surface area contributed by atoms with E-state index in [1.165, 1.54) is 6.07 Å². The van der Waals surface area contributed by atoms with Crippen molar-refractivity contribution in [2.45, 2.75) is 11.4 Å². The van der Waals surface area contributed by atoms with Crippen LogP contribution in [0.4, 0.5) is 0 Å². The molecule has 8 bridgehead atoms. The number of hydrogen-bond donors (Lipinski definition) is 4. The SMILES string of the molecule is NS(=O)(=O)c1ccccc1-c1c(-c2ccccc2)c2cc3nc(cc4ccc(cc5nc(cc1n2CC(C(=O)O)C(=O)O)C=C5)[nH]4)C=C3. The van der Waals surface area contributed by atoms with Gasteiger partial charge in [-0.15, -0.1) is 0 Å². The van der Waals surface area contributed by atoms with Gasteiger partial charge in [-0.3, -0.25) is 9.59 Å². The highest BCUT2D eigenvalue weighted by molar-refractivity contribution is 7.89. The molecule has 5 heterocycles. The summed E-state index contributed by atoms with van der Waals surface area (Å²) in [7, 11) is -4.26. The second-order valence-electron chi connectivity index (χ2n) is 11.3. The van der Waals surface area contributed by atoms with E-state index in [0.717, 1.165) is 11.0 Å². The number of aromatic nitrogens is 4. The van der Waals surface area contributed by atoms with Crippen molar-refractivity contribution in [2.75, 3.05) is 0 Å². The Kier molecular flexibility index (Phi) is 7.58. The van der Waals surface area contributed by atoms with Crippen molar-refractivity contribution in [3.05, 3.63) is 114 Å². The molecule has 0 radical (unpaired) electrons. The molecule has 2 aromatic carbocycles. The van der Waals surface area contributed by atoms with Crippen LogP contribution in [-0.2, 0) is 26.2 Å². The summed E-state index contributed by atoms with van der Waals surface area (Å²) in [5, 5.41) is 25.8. The lowest BCUT2D eigenvalue weighted by atomic mass is 9.96. The third kappa shape index (κ3) is 5.81. The molecule has 2 aliphatic heterocycles. The number of benzene rings is 2. The van der Waals surface area contributed by atoms with Gasteiger partial charge in [0.25, 0.3) is 0 Å². The van der Waals surface area contributed by atoms with E-state index in [9.17, 15) is 28.2 Å². The van der Waals surface area contributed by atoms with Crippen molar-refractivity contribution in [3.63, 3.8) is 0 Å². The largest absolute Gasteiger partial charge is 0.481 e. The van der Waals surface area contributed by atoms with Crippen LogP contribution in [0.3, 0.4) is 0 Å². The maximum absolute atomic E-state index is 13.0. The maximum atomic E-state index is 13.0. The molecule has 0 aliphatic carbocycles. The van der Waals surface area contributed by atoms with E-state index < -0.39 is 34.4 Å². The molecule has 0 saturated heterocycles. The summed E-state index contributed by atoms with van der Waals surface area (Å²) < 4.78 is 27.6. The highest BCUT2D eigenvalue weighted by Gasteiger charge is 2.31. The molecule has 238 valence electrons. The maximum Gasteiger partial charge on any atom is 0.319 e. The third-order valence-electron chi connectivity index (χ3n) is 8.10. The molecule has 0 amide bonds. The minimum Gasteiger partial charge on any atom is -0.481 e. The van der Waals surface area contributed by atoms with Crippen molar-refractivity contribution in [2.24, 2.45) is 11.1 Å². The van der Waals surface area contributed by atoms with Gasteiger partial charge in [0.05, 0.1) is 38.7 Å². The van der Waals surface area contributed by atoms with Crippen LogP contribution in [0, 0.1) is 5.92 Å². The van der Waals surface area contributed by atoms with Gasteiger partial charge < -0.3 is 19.8 Å². The predicted octanol–water partition coefficient (Wildman–Crippen LogP) is 5.90. The molecule has 2 aliphatic rings. The zero-order chi connectivity index (χ0) is 33.6. The molecule has 12 heteroatoms. The highest BCUT2D eigenvalue weighted by atomic mass is 32.2. The smallest absolute Gasteiger partial charge is 0.319 e. The molecule has 0 atom stereocenters. The van der Waals surface area contributed by atoms with Crippen LogP contribution in [0.2, 0.25) is 0 Å². The number of carbonyl (C=O) groups is 2. The molecule has 0 fully saturated rings. The molecule has 0 saturated carbocycles. The Balaban J connectivity index is 1.75. The second kappa shape index (κ2) is 11.9. The first kappa shape index (κ1) is 30.5. The predicted molar refractivity (Wildman–Crippen MR) is 184 cm³/mol. The average molecular weight is 658 g/mol. The van der Waals surface area contributed by atoms with Crippen molar-refractivity contribution in [1.29, 1.82) is 0 Å². The molecule has 5 N–H and O–H groups in total. The summed E-state index contributed by atoms with van der Waals surface area (Å²) in [6.07, 6.45) is 7.21. The fourth-order valence-corrected chi connectivity index (χ4v) is 6.74. The molecular weight excluding hydrogens is 630 g/mol. The van der Waals surface area contributed by atoms with E-state index in [0.29, 0.717) is 50.5 Å². The van der Waals surface area contributed by atoms with Crippen molar-refractivity contribution in [3.8, 4) is 22.3 Å². The van der Waals surface area contributed by atoms with Crippen molar-refractivity contribution >= 4 is 68.3 Å². The summed E-state index contributed by atoms with van der Waals surface area (Å²) in [4.78, 5) is 37.4. The van der Waals surface area contributed by atoms with E-state index in [2.05, 4.69) is 4.98 Å². The van der Waals surface area contributed by atoms with Gasteiger partial charge in [-0.05, 0) is 72.3 Å². The third-order valence-corrected chi connectivity index (χ3v) is 9.07. The second-order valence-corrected chi connectivity index (χ2v) is 12.8. The summed E-state index contributed by atoms with van der Waals surface area (Å²) in [5.41, 5.74) is 6.48. The number of sulfonamides is 1. The van der Waals surface area contributed by atoms with Crippen LogP contribution in [-0.4, -0.2) is 50.1 Å². The Bertz CT molecular complexity index is 2470. The Morgan fingerprint density at radius 2 is 1.21 bits per heavy atom. The monoisotopic (exact) mass is 657 g/mol. The number of nitrogens with two attached hydrogens (primary N) is 1. The number of aromatic amines is 1. The lowest BCUT2D eigenvalue weighted by Gasteiger charge is -2.12. The Morgan fingerprint density at radius 3 is 1.75 bits per heavy atom. The number of carboxylic acid groups (broad SMARTS) is 2. The fraction of sp³-hybridized carbons (Fsp3) is 0.0556. The summed E-state index contributed by atoms with van der Waals surface area (Å²) in [6, 6.07) is 26.4. The Morgan fingerprint density at radius 1 is 0.708 bits per heavy atom. The van der Waals surface area contributed by atoms with E-state index in [-0.39, 0.29) is 10.5 Å². The van der Waals surface area contributed by atoms with Crippen LogP contribution >= 0.6 is 0 Å². The first-order chi connectivity index (χ1) is 23.0. The highest BCUT2D eigenvalue weighted by Crippen LogP contribution is 2.44. The average Bonchev–Trinajstić information content (AvgIpc) is 3.84. The number of primary sulfonamides is 1. The molecule has 0 unspecified atom stereocenters. The first-order valence-electron chi connectivity index (χ1n) is 14.8. The number of H-pyrrole nitrogens is 1. The van der Waals surface area contributed by atoms with E-state index >= 15 is 0 Å². The van der Waals surface area contributed by atoms with Gasteiger partial charge in [0.15, 0.2) is 5.92 Å². The molecule has 0 spiro atoms. The van der Waals surface area contributed by atoms with Gasteiger partial charge in [-0.2, -0.15) is 0 Å². The quantitative estimate of drug-likeness (QED) is 0.153. The zero-order valence-electron chi connectivity index (χ0n) is 25.1. The molecule has 3 aromatic heterocycles. The topological polar surface area (TPSA) is 181 Å². The lowest BCUT2D eigenvalue weighted by molar-refractivity contribution is -0.155. The van der Waals surface area contributed by atoms with Gasteiger partial charge in [-0.25, -0.2) is 23.5 Å². The number of hydrogen-bond acceptors (Lipinski definition) is 6. The van der Waals surface area contributed by atoms with Crippen molar-refractivity contribution < 1.29 is 28.2 Å². The first-order valence-corrected chi connectivity index (χ1v) is 16.3. The number of nitrogens with zero attached hydrogens (tertiary/aromatic N) is 3. The standard InChI is InChI=1S/C36H27N5O6S/c37-48(46,47)32-9-5-4-8-28(32)34-31-19-27-15-13-25(40-27)17-23-11-10-22(38-23)16-24-12-14-26(39-24)18-30(33(34)21-6-2-1-3-7-21)41(31)20-29(35(42)43)36(44)45/h1-19,29,38H,20H2,(H,42,43)(H,44,45)(H2,37,46,47). The number of carboxylic acids is 2. The molecule has 5 aromatic rings. The summed E-state index contributed by atoms with van der Waals surface area (Å²) >= 11 is 0. The van der Waals surface area contributed by atoms with E-state index in [4.69, 9.17) is 15.1 Å². The molecule has 48 heavy (non-hydrogen) atoms. The van der Waals surface area contributed by atoms with Gasteiger partial charge in [-0.1, -0.05) is 48.5 Å². The van der Waals surface area contributed by atoms with Gasteiger partial charge in [0.1, 0.15) is 0 Å². The molecule has 11 nitrogen and oxygen atoms in total. The zero-order valence-corrected chi connectivity index (χ0v) is 25.9. The summed E-state index contributed by atoms with van der Waals surface area (Å²) in [5.74, 6) is -4.90. The summed E-state index contributed by atoms with van der Waals surface area (Å²) in [6.45, 7) is -0.497. The molecule has 7 rings (SSSR count). The Labute approximate surface area is 274 Å². The van der Waals surface area contributed by atoms with Gasteiger partial charge >= 0.3 is 11.9 Å². The normalized spacial score (nSPS) is 12.5. The van der Waals surface area contributed by atoms with E-state index in [1.807, 2.05) is 66.7 Å². The van der Waals surface area contributed by atoms with Crippen LogP contribution < -0.4 is 5.14 Å². The van der Waals surface area contributed by atoms with E-state index in [1.54, 1.807) is 47.1 Å². The van der Waals surface area contributed by atoms with Crippen LogP contribution in [0.5, 0.6) is 0 Å². The Hall–Kier alpha value is -6.11. The lowest BCUT2D eigenvalue weighted by Crippen LogP contribution is -2.28. The van der Waals surface area contributed by atoms with Crippen LogP contribution in [0.25, 0.3) is 68.6 Å². The van der Waals surface area contributed by atoms with Crippen LogP contribution in [0.15, 0.2) is 95.9 Å². The number of fused-ring (bicyclic) bond motifs is 8. The van der Waals surface area contributed by atoms with Gasteiger partial charge in [0.2, 0.25) is 10.0 Å². The number of rotatable bonds is 7. The van der Waals surface area contributed by atoms with Crippen molar-refractivity contribution in [1.82, 2.24) is 19.5 Å². The number of aliphatic carboxylic acids is 2. The minimum absolute atomic E-state index is 0.158. The van der Waals surface area contributed by atoms with Crippen LogP contribution in [0.1, 0.15) is 22.8 Å².